The maximum Gasteiger partial charge on any atom is 0.228 e. The lowest BCUT2D eigenvalue weighted by atomic mass is 10.1. The third kappa shape index (κ3) is 6.66. The molecular formula is C24H34O4. The molecule has 4 nitrogen and oxygen atoms in total. The minimum absolute atomic E-state index is 0.00548. The molecule has 28 heavy (non-hydrogen) atoms. The number of rotatable bonds is 10. The van der Waals surface area contributed by atoms with E-state index in [-0.39, 0.29) is 23.1 Å². The van der Waals surface area contributed by atoms with Crippen molar-refractivity contribution in [1.29, 1.82) is 0 Å². The van der Waals surface area contributed by atoms with Gasteiger partial charge in [-0.05, 0) is 66.7 Å². The number of carbonyl (C=O) groups excluding carboxylic acids is 2. The normalized spacial score (nSPS) is 16.0. The Labute approximate surface area is 169 Å². The number of hydrogen-bond donors (Lipinski definition) is 0. The first-order chi connectivity index (χ1) is 13.2. The van der Waals surface area contributed by atoms with Crippen LogP contribution in [0.3, 0.4) is 0 Å². The molecular weight excluding hydrogens is 354 g/mol. The molecule has 0 unspecified atom stereocenters. The molecule has 0 aromatic heterocycles. The molecule has 154 valence electrons. The second-order valence-electron chi connectivity index (χ2n) is 7.49. The Bertz CT molecular complexity index is 753. The Morgan fingerprint density at radius 2 is 1.29 bits per heavy atom. The van der Waals surface area contributed by atoms with Gasteiger partial charge in [-0.2, -0.15) is 0 Å². The summed E-state index contributed by atoms with van der Waals surface area (Å²) in [5, 5.41) is 0. The van der Waals surface area contributed by atoms with Crippen LogP contribution >= 0.6 is 0 Å². The molecule has 0 aliphatic heterocycles. The monoisotopic (exact) mass is 388 g/mol. The highest BCUT2D eigenvalue weighted by molar-refractivity contribution is 6.23. The molecule has 4 heteroatoms. The Morgan fingerprint density at radius 1 is 0.786 bits per heavy atom. The highest BCUT2D eigenvalue weighted by atomic mass is 16.5. The number of carbonyl (C=O) groups is 2. The van der Waals surface area contributed by atoms with Gasteiger partial charge in [-0.3, -0.25) is 9.59 Å². The van der Waals surface area contributed by atoms with Crippen molar-refractivity contribution in [3.8, 4) is 0 Å². The zero-order chi connectivity index (χ0) is 21.3. The molecule has 0 spiro atoms. The van der Waals surface area contributed by atoms with Gasteiger partial charge in [-0.25, -0.2) is 0 Å². The first kappa shape index (κ1) is 23.7. The lowest BCUT2D eigenvalue weighted by molar-refractivity contribution is -0.121. The molecule has 0 aromatic carbocycles. The average Bonchev–Trinajstić information content (AvgIpc) is 2.64. The zero-order valence-electron chi connectivity index (χ0n) is 18.4. The summed E-state index contributed by atoms with van der Waals surface area (Å²) in [5.74, 6) is -0.567. The highest BCUT2D eigenvalue weighted by Gasteiger charge is 2.33. The van der Waals surface area contributed by atoms with Gasteiger partial charge < -0.3 is 9.47 Å². The van der Waals surface area contributed by atoms with Gasteiger partial charge in [0.15, 0.2) is 0 Å². The second-order valence-corrected chi connectivity index (χ2v) is 7.49. The molecule has 1 rings (SSSR count). The van der Waals surface area contributed by atoms with Crippen molar-refractivity contribution in [2.45, 2.75) is 66.7 Å². The maximum absolute atomic E-state index is 12.6. The fourth-order valence-electron chi connectivity index (χ4n) is 3.05. The molecule has 0 bridgehead atoms. The van der Waals surface area contributed by atoms with Gasteiger partial charge in [-0.1, -0.05) is 34.9 Å². The van der Waals surface area contributed by atoms with Crippen molar-refractivity contribution in [3.63, 3.8) is 0 Å². The van der Waals surface area contributed by atoms with Crippen LogP contribution in [0.15, 0.2) is 57.6 Å². The summed E-state index contributed by atoms with van der Waals surface area (Å²) in [4.78, 5) is 25.0. The van der Waals surface area contributed by atoms with E-state index in [0.717, 1.165) is 25.7 Å². The summed E-state index contributed by atoms with van der Waals surface area (Å²) in [7, 11) is 2.75. The molecule has 0 amide bonds. The van der Waals surface area contributed by atoms with E-state index >= 15 is 0 Å². The van der Waals surface area contributed by atoms with Gasteiger partial charge in [0.1, 0.15) is 0 Å². The minimum Gasteiger partial charge on any atom is -0.489 e. The van der Waals surface area contributed by atoms with Crippen LogP contribution in [0.4, 0.5) is 0 Å². The van der Waals surface area contributed by atoms with Crippen molar-refractivity contribution in [2.75, 3.05) is 14.2 Å². The van der Waals surface area contributed by atoms with Crippen LogP contribution in [0, 0.1) is 0 Å². The van der Waals surface area contributed by atoms with Gasteiger partial charge in [0.25, 0.3) is 0 Å². The van der Waals surface area contributed by atoms with Crippen LogP contribution in [0.25, 0.3) is 0 Å². The third-order valence-electron chi connectivity index (χ3n) is 4.87. The number of ether oxygens (including phenoxy) is 2. The molecule has 0 atom stereocenters. The smallest absolute Gasteiger partial charge is 0.228 e. The number of Topliss-reactive ketones (excluding diaryl/α,β-unsaturated/α-hetero) is 2. The summed E-state index contributed by atoms with van der Waals surface area (Å²) in [6.07, 6.45) is 11.1. The fraction of sp³-hybridized carbons (Fsp3) is 0.500. The fourth-order valence-corrected chi connectivity index (χ4v) is 3.05. The molecule has 0 heterocycles. The molecule has 0 aromatic rings. The molecule has 0 radical (unpaired) electrons. The molecule has 1 aliphatic rings. The van der Waals surface area contributed by atoms with E-state index in [4.69, 9.17) is 9.47 Å². The molecule has 1 aliphatic carbocycles. The maximum atomic E-state index is 12.6. The zero-order valence-corrected chi connectivity index (χ0v) is 18.4. The lowest BCUT2D eigenvalue weighted by Gasteiger charge is -2.19. The molecule has 0 saturated carbocycles. The predicted molar refractivity (Wildman–Crippen MR) is 114 cm³/mol. The standard InChI is InChI=1S/C24H34O4/c1-16(2)10-8-11-17(3)12-9-13-18(4)14-15-20-19(5)21(25)23(27-6)24(28-7)22(20)26/h10,12,14H,8-9,11,13,15H2,1-7H3/b17-12+,18-14+/i19+1,20+1. The van der Waals surface area contributed by atoms with Crippen LogP contribution in [0.2, 0.25) is 0 Å². The number of methoxy groups -OCH3 is 2. The Kier molecular flexibility index (Phi) is 9.70. The van der Waals surface area contributed by atoms with Crippen molar-refractivity contribution >= 4 is 11.6 Å². The van der Waals surface area contributed by atoms with Crippen molar-refractivity contribution in [2.24, 2.45) is 0 Å². The van der Waals surface area contributed by atoms with E-state index in [1.807, 2.05) is 6.08 Å². The van der Waals surface area contributed by atoms with Gasteiger partial charge in [0.2, 0.25) is 23.1 Å². The van der Waals surface area contributed by atoms with Crippen molar-refractivity contribution in [1.82, 2.24) is 0 Å². The largest absolute Gasteiger partial charge is 0.489 e. The summed E-state index contributed by atoms with van der Waals surface area (Å²) in [6, 6.07) is 0. The number of ketones is 2. The summed E-state index contributed by atoms with van der Waals surface area (Å²) < 4.78 is 10.2. The van der Waals surface area contributed by atoms with Crippen LogP contribution in [-0.4, -0.2) is 25.8 Å². The van der Waals surface area contributed by atoms with E-state index in [0.29, 0.717) is 17.6 Å². The second kappa shape index (κ2) is 11.5. The Balaban J connectivity index is 2.70. The van der Waals surface area contributed by atoms with Gasteiger partial charge in [0.05, 0.1) is 14.2 Å². The first-order valence-corrected chi connectivity index (χ1v) is 9.78. The quantitative estimate of drug-likeness (QED) is 0.271. The van der Waals surface area contributed by atoms with Crippen LogP contribution in [0.1, 0.15) is 66.7 Å². The Hall–Kier alpha value is -2.36. The molecule has 0 fully saturated rings. The lowest BCUT2D eigenvalue weighted by Crippen LogP contribution is -2.24. The van der Waals surface area contributed by atoms with Crippen LogP contribution < -0.4 is 0 Å². The number of allylic oxidation sites excluding steroid dienone is 8. The van der Waals surface area contributed by atoms with E-state index in [1.54, 1.807) is 6.92 Å². The Morgan fingerprint density at radius 3 is 1.82 bits per heavy atom. The number of hydrogen-bond acceptors (Lipinski definition) is 4. The van der Waals surface area contributed by atoms with Crippen molar-refractivity contribution in [3.05, 3.63) is 57.6 Å². The van der Waals surface area contributed by atoms with E-state index in [2.05, 4.69) is 39.8 Å². The summed E-state index contributed by atoms with van der Waals surface area (Å²) in [6.45, 7) is 10.1. The third-order valence-corrected chi connectivity index (χ3v) is 4.87. The van der Waals surface area contributed by atoms with E-state index in [1.165, 1.54) is 30.9 Å². The first-order valence-electron chi connectivity index (χ1n) is 9.78. The minimum atomic E-state index is -0.282. The average molecular weight is 389 g/mol. The summed E-state index contributed by atoms with van der Waals surface area (Å²) in [5.41, 5.74) is 4.88. The molecule has 0 N–H and O–H groups in total. The SMILES string of the molecule is COC1=C(OC)C(=O)[13C](C/C=C(\C)CC/C=C(\C)CCC=C(C)C)=[13C](C)C1=O. The van der Waals surface area contributed by atoms with Crippen LogP contribution in [-0.2, 0) is 19.1 Å². The van der Waals surface area contributed by atoms with Crippen LogP contribution in [0.5, 0.6) is 0 Å². The van der Waals surface area contributed by atoms with E-state index in [9.17, 15) is 9.59 Å². The predicted octanol–water partition coefficient (Wildman–Crippen LogP) is 5.77. The van der Waals surface area contributed by atoms with Gasteiger partial charge in [-0.15, -0.1) is 0 Å². The van der Waals surface area contributed by atoms with Gasteiger partial charge in [0, 0.05) is 11.1 Å². The summed E-state index contributed by atoms with van der Waals surface area (Å²) >= 11 is 0. The highest BCUT2D eigenvalue weighted by Crippen LogP contribution is 2.28. The van der Waals surface area contributed by atoms with E-state index < -0.39 is 0 Å². The van der Waals surface area contributed by atoms with Crippen molar-refractivity contribution < 1.29 is 19.1 Å². The molecule has 0 saturated heterocycles. The topological polar surface area (TPSA) is 52.6 Å². The van der Waals surface area contributed by atoms with Gasteiger partial charge >= 0.3 is 0 Å².